The number of benzene rings is 1. The van der Waals surface area contributed by atoms with Crippen LogP contribution < -0.4 is 5.32 Å². The maximum atomic E-state index is 5.83. The van der Waals surface area contributed by atoms with Crippen LogP contribution in [-0.2, 0) is 6.42 Å². The number of halogens is 1. The summed E-state index contributed by atoms with van der Waals surface area (Å²) in [6.07, 6.45) is 3.80. The van der Waals surface area contributed by atoms with Gasteiger partial charge in [-0.1, -0.05) is 23.7 Å². The fourth-order valence-corrected chi connectivity index (χ4v) is 1.81. The van der Waals surface area contributed by atoms with Crippen molar-refractivity contribution in [3.63, 3.8) is 0 Å². The highest BCUT2D eigenvalue weighted by atomic mass is 35.5. The van der Waals surface area contributed by atoms with Gasteiger partial charge < -0.3 is 5.32 Å². The van der Waals surface area contributed by atoms with Crippen LogP contribution in [0.1, 0.15) is 25.3 Å². The van der Waals surface area contributed by atoms with Crippen LogP contribution in [0.3, 0.4) is 0 Å². The normalized spacial score (nSPS) is 18.1. The Kier molecular flexibility index (Phi) is 3.09. The summed E-state index contributed by atoms with van der Waals surface area (Å²) in [5, 5.41) is 4.40. The zero-order chi connectivity index (χ0) is 9.97. The molecule has 1 N–H and O–H groups in total. The number of hydrogen-bond acceptors (Lipinski definition) is 1. The molecule has 0 spiro atoms. The molecule has 0 heterocycles. The first-order chi connectivity index (χ1) is 6.74. The van der Waals surface area contributed by atoms with Crippen molar-refractivity contribution in [2.75, 3.05) is 0 Å². The first-order valence-electron chi connectivity index (χ1n) is 5.24. The van der Waals surface area contributed by atoms with Crippen LogP contribution in [-0.4, -0.2) is 12.1 Å². The monoisotopic (exact) mass is 209 g/mol. The van der Waals surface area contributed by atoms with Crippen molar-refractivity contribution >= 4 is 11.6 Å². The molecule has 0 amide bonds. The average molecular weight is 210 g/mol. The van der Waals surface area contributed by atoms with Crippen molar-refractivity contribution in [3.8, 4) is 0 Å². The van der Waals surface area contributed by atoms with Crippen LogP contribution in [0.15, 0.2) is 24.3 Å². The number of rotatable bonds is 4. The maximum Gasteiger partial charge on any atom is 0.0406 e. The van der Waals surface area contributed by atoms with E-state index in [9.17, 15) is 0 Å². The molecule has 2 heteroatoms. The Morgan fingerprint density at radius 3 is 2.57 bits per heavy atom. The molecule has 0 unspecified atom stereocenters. The smallest absolute Gasteiger partial charge is 0.0406 e. The van der Waals surface area contributed by atoms with Crippen LogP contribution in [0, 0.1) is 0 Å². The van der Waals surface area contributed by atoms with Crippen molar-refractivity contribution in [3.05, 3.63) is 34.9 Å². The topological polar surface area (TPSA) is 12.0 Å². The van der Waals surface area contributed by atoms with E-state index < -0.39 is 0 Å². The van der Waals surface area contributed by atoms with Gasteiger partial charge in [-0.05, 0) is 43.9 Å². The molecule has 2 rings (SSSR count). The van der Waals surface area contributed by atoms with Crippen molar-refractivity contribution in [1.29, 1.82) is 0 Å². The Balaban J connectivity index is 1.85. The van der Waals surface area contributed by atoms with Gasteiger partial charge in [-0.3, -0.25) is 0 Å². The quantitative estimate of drug-likeness (QED) is 0.804. The molecular weight excluding hydrogens is 194 g/mol. The lowest BCUT2D eigenvalue weighted by Gasteiger charge is -2.12. The molecule has 1 fully saturated rings. The Labute approximate surface area is 90.5 Å². The molecule has 0 radical (unpaired) electrons. The average Bonchev–Trinajstić information content (AvgIpc) is 2.93. The summed E-state index contributed by atoms with van der Waals surface area (Å²) in [4.78, 5) is 0. The Morgan fingerprint density at radius 1 is 1.36 bits per heavy atom. The van der Waals surface area contributed by atoms with Crippen molar-refractivity contribution in [2.24, 2.45) is 0 Å². The largest absolute Gasteiger partial charge is 0.311 e. The summed E-state index contributed by atoms with van der Waals surface area (Å²) in [6.45, 7) is 2.24. The second kappa shape index (κ2) is 4.33. The van der Waals surface area contributed by atoms with Crippen LogP contribution in [0.25, 0.3) is 0 Å². The molecule has 0 aromatic heterocycles. The summed E-state index contributed by atoms with van der Waals surface area (Å²) >= 11 is 5.83. The Bertz CT molecular complexity index is 290. The zero-order valence-corrected chi connectivity index (χ0v) is 9.22. The summed E-state index contributed by atoms with van der Waals surface area (Å²) in [5.74, 6) is 0. The molecular formula is C12H16ClN. The predicted octanol–water partition coefficient (Wildman–Crippen LogP) is 3.02. The molecule has 1 aliphatic carbocycles. The fraction of sp³-hybridized carbons (Fsp3) is 0.500. The van der Waals surface area contributed by atoms with Crippen molar-refractivity contribution in [1.82, 2.24) is 5.32 Å². The van der Waals surface area contributed by atoms with Gasteiger partial charge in [-0.25, -0.2) is 0 Å². The van der Waals surface area contributed by atoms with E-state index in [0.717, 1.165) is 17.5 Å². The maximum absolute atomic E-state index is 5.83. The predicted molar refractivity (Wildman–Crippen MR) is 60.8 cm³/mol. The minimum atomic E-state index is 0.573. The second-order valence-electron chi connectivity index (χ2n) is 4.17. The van der Waals surface area contributed by atoms with Gasteiger partial charge in [0.1, 0.15) is 0 Å². The van der Waals surface area contributed by atoms with E-state index in [-0.39, 0.29) is 0 Å². The Morgan fingerprint density at radius 2 is 2.00 bits per heavy atom. The first kappa shape index (κ1) is 10.0. The van der Waals surface area contributed by atoms with E-state index >= 15 is 0 Å². The van der Waals surface area contributed by atoms with Gasteiger partial charge in [0.2, 0.25) is 0 Å². The molecule has 0 aliphatic heterocycles. The van der Waals surface area contributed by atoms with E-state index in [1.54, 1.807) is 0 Å². The van der Waals surface area contributed by atoms with Gasteiger partial charge in [-0.2, -0.15) is 0 Å². The lowest BCUT2D eigenvalue weighted by atomic mass is 10.1. The fourth-order valence-electron chi connectivity index (χ4n) is 1.69. The van der Waals surface area contributed by atoms with E-state index in [1.807, 2.05) is 12.1 Å². The summed E-state index contributed by atoms with van der Waals surface area (Å²) < 4.78 is 0. The summed E-state index contributed by atoms with van der Waals surface area (Å²) in [5.41, 5.74) is 1.36. The van der Waals surface area contributed by atoms with Crippen LogP contribution >= 0.6 is 11.6 Å². The highest BCUT2D eigenvalue weighted by Crippen LogP contribution is 2.20. The van der Waals surface area contributed by atoms with Crippen LogP contribution in [0.2, 0.25) is 5.02 Å². The molecule has 0 saturated heterocycles. The van der Waals surface area contributed by atoms with Crippen molar-refractivity contribution in [2.45, 2.75) is 38.3 Å². The third kappa shape index (κ3) is 3.00. The molecule has 76 valence electrons. The van der Waals surface area contributed by atoms with Gasteiger partial charge in [0.25, 0.3) is 0 Å². The van der Waals surface area contributed by atoms with E-state index in [2.05, 4.69) is 24.4 Å². The van der Waals surface area contributed by atoms with Gasteiger partial charge >= 0.3 is 0 Å². The van der Waals surface area contributed by atoms with E-state index in [1.165, 1.54) is 18.4 Å². The molecule has 1 aromatic rings. The number of hydrogen-bond donors (Lipinski definition) is 1. The third-order valence-corrected chi connectivity index (χ3v) is 2.80. The number of nitrogens with one attached hydrogen (secondary N) is 1. The van der Waals surface area contributed by atoms with E-state index in [0.29, 0.717) is 6.04 Å². The standard InChI is InChI=1S/C12H16ClN/c1-9(14-12-6-7-12)8-10-2-4-11(13)5-3-10/h2-5,9,12,14H,6-8H2,1H3/t9-/m1/s1. The Hall–Kier alpha value is -0.530. The SMILES string of the molecule is C[C@H](Cc1ccc(Cl)cc1)NC1CC1. The lowest BCUT2D eigenvalue weighted by Crippen LogP contribution is -2.29. The molecule has 1 aliphatic rings. The summed E-state index contributed by atoms with van der Waals surface area (Å²) in [6, 6.07) is 9.49. The van der Waals surface area contributed by atoms with Gasteiger partial charge in [0.05, 0.1) is 0 Å². The molecule has 1 atom stereocenters. The molecule has 14 heavy (non-hydrogen) atoms. The minimum Gasteiger partial charge on any atom is -0.311 e. The molecule has 1 saturated carbocycles. The van der Waals surface area contributed by atoms with Crippen LogP contribution in [0.4, 0.5) is 0 Å². The molecule has 1 aromatic carbocycles. The van der Waals surface area contributed by atoms with Gasteiger partial charge in [0.15, 0.2) is 0 Å². The zero-order valence-electron chi connectivity index (χ0n) is 8.46. The second-order valence-corrected chi connectivity index (χ2v) is 4.61. The van der Waals surface area contributed by atoms with Gasteiger partial charge in [0, 0.05) is 17.1 Å². The van der Waals surface area contributed by atoms with Gasteiger partial charge in [-0.15, -0.1) is 0 Å². The minimum absolute atomic E-state index is 0.573. The van der Waals surface area contributed by atoms with Crippen molar-refractivity contribution < 1.29 is 0 Å². The lowest BCUT2D eigenvalue weighted by molar-refractivity contribution is 0.542. The highest BCUT2D eigenvalue weighted by molar-refractivity contribution is 6.30. The molecule has 1 nitrogen and oxygen atoms in total. The third-order valence-electron chi connectivity index (χ3n) is 2.55. The summed E-state index contributed by atoms with van der Waals surface area (Å²) in [7, 11) is 0. The molecule has 0 bridgehead atoms. The van der Waals surface area contributed by atoms with E-state index in [4.69, 9.17) is 11.6 Å². The van der Waals surface area contributed by atoms with Crippen LogP contribution in [0.5, 0.6) is 0 Å². The first-order valence-corrected chi connectivity index (χ1v) is 5.62. The highest BCUT2D eigenvalue weighted by Gasteiger charge is 2.22.